The number of hydrogen-bond donors (Lipinski definition) is 0. The van der Waals surface area contributed by atoms with Gasteiger partial charge in [0.1, 0.15) is 11.5 Å². The summed E-state index contributed by atoms with van der Waals surface area (Å²) in [7, 11) is -2.79. The molecule has 0 bridgehead atoms. The first kappa shape index (κ1) is 37.3. The van der Waals surface area contributed by atoms with Gasteiger partial charge < -0.3 is 36.9 Å². The molecule has 2 aromatic rings. The topological polar surface area (TPSA) is 89.3 Å². The predicted octanol–water partition coefficient (Wildman–Crippen LogP) is 6.59. The van der Waals surface area contributed by atoms with E-state index in [4.69, 9.17) is 19.5 Å². The molecule has 1 aliphatic carbocycles. The van der Waals surface area contributed by atoms with Gasteiger partial charge in [-0.15, -0.1) is 0 Å². The largest absolute Gasteiger partial charge is 3.00 e. The SMILES string of the molecule is COc1cc(C=N[C@@H]2CCCC[C@H]2N=Cc2cc(OC)cc(C(C)(C)C)c2[O-])c([O-])c(C(C)(C)C)c1.F[B-](F)(F)F.[Cr+3]. The van der Waals surface area contributed by atoms with Gasteiger partial charge in [0.15, 0.2) is 0 Å². The zero-order valence-corrected chi connectivity index (χ0v) is 26.7. The molecular formula is C30H40BCrF4N2O4. The predicted molar refractivity (Wildman–Crippen MR) is 154 cm³/mol. The average molecular weight is 631 g/mol. The van der Waals surface area contributed by atoms with Gasteiger partial charge in [-0.3, -0.25) is 9.98 Å². The van der Waals surface area contributed by atoms with Crippen molar-refractivity contribution < 1.29 is 54.3 Å². The van der Waals surface area contributed by atoms with Crippen molar-refractivity contribution in [3.63, 3.8) is 0 Å². The van der Waals surface area contributed by atoms with Crippen LogP contribution in [0.25, 0.3) is 0 Å². The van der Waals surface area contributed by atoms with Crippen molar-refractivity contribution in [2.45, 2.75) is 90.1 Å². The monoisotopic (exact) mass is 631 g/mol. The van der Waals surface area contributed by atoms with E-state index >= 15 is 0 Å². The minimum absolute atomic E-state index is 0. The summed E-state index contributed by atoms with van der Waals surface area (Å²) in [5.74, 6) is 1.25. The zero-order chi connectivity index (χ0) is 31.2. The van der Waals surface area contributed by atoms with Gasteiger partial charge >= 0.3 is 24.6 Å². The van der Waals surface area contributed by atoms with E-state index in [2.05, 4.69) is 0 Å². The van der Waals surface area contributed by atoms with Gasteiger partial charge in [-0.25, -0.2) is 0 Å². The second-order valence-electron chi connectivity index (χ2n) is 12.2. The second kappa shape index (κ2) is 15.2. The standard InChI is InChI=1S/C30H42N2O4.BF4.Cr/c1-29(2,3)23-15-21(35-7)13-19(27(23)33)17-31-25-11-9-10-12-26(25)32-18-20-14-22(36-8)16-24(28(20)34)30(4,5)6;2-1(3,4)5;/h13-18,25-26,33-34H,9-12H2,1-8H3;;/q;-1;+3/p-2/t25-,26-;;/m1../s1. The first-order valence-corrected chi connectivity index (χ1v) is 13.6. The Morgan fingerprint density at radius 2 is 1.02 bits per heavy atom. The normalized spacial score (nSPS) is 17.9. The van der Waals surface area contributed by atoms with Crippen LogP contribution in [0.2, 0.25) is 0 Å². The Labute approximate surface area is 257 Å². The third-order valence-corrected chi connectivity index (χ3v) is 6.77. The molecule has 0 unspecified atom stereocenters. The minimum Gasteiger partial charge on any atom is -0.872 e. The Morgan fingerprint density at radius 1 is 0.714 bits per heavy atom. The molecule has 0 amide bonds. The smallest absolute Gasteiger partial charge is 0.872 e. The van der Waals surface area contributed by atoms with Crippen molar-refractivity contribution in [3.8, 4) is 23.0 Å². The maximum atomic E-state index is 13.1. The van der Waals surface area contributed by atoms with Crippen molar-refractivity contribution in [1.82, 2.24) is 0 Å². The van der Waals surface area contributed by atoms with Crippen LogP contribution < -0.4 is 19.7 Å². The van der Waals surface area contributed by atoms with Crippen molar-refractivity contribution >= 4 is 19.7 Å². The molecule has 12 heteroatoms. The molecule has 0 aliphatic heterocycles. The summed E-state index contributed by atoms with van der Waals surface area (Å²) >= 11 is 0. The van der Waals surface area contributed by atoms with Crippen LogP contribution in [0.15, 0.2) is 34.3 Å². The van der Waals surface area contributed by atoms with E-state index in [0.29, 0.717) is 33.8 Å². The molecule has 0 aromatic heterocycles. The number of rotatable bonds is 6. The molecule has 1 radical (unpaired) electrons. The molecular weight excluding hydrogens is 591 g/mol. The Kier molecular flexibility index (Phi) is 13.5. The van der Waals surface area contributed by atoms with Gasteiger partial charge in [-0.1, -0.05) is 65.9 Å². The molecule has 2 aromatic carbocycles. The molecule has 0 heterocycles. The van der Waals surface area contributed by atoms with E-state index in [1.807, 2.05) is 53.7 Å². The fourth-order valence-electron chi connectivity index (χ4n) is 4.58. The molecule has 6 nitrogen and oxygen atoms in total. The van der Waals surface area contributed by atoms with Crippen LogP contribution in [0, 0.1) is 0 Å². The number of halogens is 4. The van der Waals surface area contributed by atoms with E-state index in [0.717, 1.165) is 25.7 Å². The van der Waals surface area contributed by atoms with Crippen molar-refractivity contribution in [3.05, 3.63) is 46.5 Å². The van der Waals surface area contributed by atoms with Gasteiger partial charge in [0, 0.05) is 12.4 Å². The number of aliphatic imine (C=N–C) groups is 2. The summed E-state index contributed by atoms with van der Waals surface area (Å²) in [4.78, 5) is 9.64. The average Bonchev–Trinajstić information content (AvgIpc) is 2.85. The van der Waals surface area contributed by atoms with Gasteiger partial charge in [-0.2, -0.15) is 0 Å². The Hall–Kier alpha value is -2.70. The van der Waals surface area contributed by atoms with Gasteiger partial charge in [0.25, 0.3) is 0 Å². The maximum Gasteiger partial charge on any atom is 3.00 e. The molecule has 0 saturated heterocycles. The van der Waals surface area contributed by atoms with Crippen molar-refractivity contribution in [1.29, 1.82) is 0 Å². The number of hydrogen-bond acceptors (Lipinski definition) is 6. The summed E-state index contributed by atoms with van der Waals surface area (Å²) in [5, 5.41) is 26.3. The molecule has 0 N–H and O–H groups in total. The molecule has 42 heavy (non-hydrogen) atoms. The zero-order valence-electron chi connectivity index (χ0n) is 25.5. The molecule has 1 saturated carbocycles. The molecule has 1 fully saturated rings. The van der Waals surface area contributed by atoms with Crippen molar-refractivity contribution in [2.75, 3.05) is 14.2 Å². The number of ether oxygens (including phenoxy) is 2. The van der Waals surface area contributed by atoms with E-state index in [9.17, 15) is 27.5 Å². The number of methoxy groups -OCH3 is 2. The van der Waals surface area contributed by atoms with Gasteiger partial charge in [0.2, 0.25) is 0 Å². The quantitative estimate of drug-likeness (QED) is 0.204. The van der Waals surface area contributed by atoms with Crippen LogP contribution in [0.3, 0.4) is 0 Å². The van der Waals surface area contributed by atoms with Gasteiger partial charge in [0.05, 0.1) is 26.3 Å². The minimum atomic E-state index is -6.00. The molecule has 1 aliphatic rings. The van der Waals surface area contributed by atoms with Crippen LogP contribution in [0.5, 0.6) is 23.0 Å². The van der Waals surface area contributed by atoms with E-state index < -0.39 is 7.25 Å². The Balaban J connectivity index is 0.00000135. The first-order valence-electron chi connectivity index (χ1n) is 13.6. The second-order valence-corrected chi connectivity index (χ2v) is 12.2. The fourth-order valence-corrected chi connectivity index (χ4v) is 4.58. The molecule has 2 atom stereocenters. The Morgan fingerprint density at radius 3 is 1.29 bits per heavy atom. The van der Waals surface area contributed by atoms with Crippen LogP contribution in [0.1, 0.15) is 89.5 Å². The summed E-state index contributed by atoms with van der Waals surface area (Å²) in [6.07, 6.45) is 7.26. The number of benzene rings is 2. The van der Waals surface area contributed by atoms with Crippen LogP contribution in [0.4, 0.5) is 17.3 Å². The third-order valence-electron chi connectivity index (χ3n) is 6.77. The summed E-state index contributed by atoms with van der Waals surface area (Å²) in [5.41, 5.74) is 1.86. The molecule has 231 valence electrons. The molecule has 3 rings (SSSR count). The Bertz CT molecular complexity index is 1150. The number of nitrogens with zero attached hydrogens (tertiary/aromatic N) is 2. The summed E-state index contributed by atoms with van der Waals surface area (Å²) in [6.45, 7) is 12.1. The molecule has 0 spiro atoms. The van der Waals surface area contributed by atoms with E-state index in [1.165, 1.54) is 0 Å². The summed E-state index contributed by atoms with van der Waals surface area (Å²) in [6, 6.07) is 7.01. The van der Waals surface area contributed by atoms with E-state index in [1.54, 1.807) is 38.8 Å². The summed E-state index contributed by atoms with van der Waals surface area (Å²) < 4.78 is 49.9. The van der Waals surface area contributed by atoms with Crippen LogP contribution >= 0.6 is 0 Å². The van der Waals surface area contributed by atoms with Crippen LogP contribution in [-0.2, 0) is 28.2 Å². The third kappa shape index (κ3) is 11.2. The first-order chi connectivity index (χ1) is 18.8. The van der Waals surface area contributed by atoms with Gasteiger partial charge in [-0.05, 0) is 70.2 Å². The van der Waals surface area contributed by atoms with E-state index in [-0.39, 0.29) is 51.8 Å². The maximum absolute atomic E-state index is 13.1. The van der Waals surface area contributed by atoms with Crippen LogP contribution in [-0.4, -0.2) is 46.0 Å². The fraction of sp³-hybridized carbons (Fsp3) is 0.533. The van der Waals surface area contributed by atoms with Crippen molar-refractivity contribution in [2.24, 2.45) is 9.98 Å².